The molecular weight excluding hydrogens is 262 g/mol. The average molecular weight is 277 g/mol. The van der Waals surface area contributed by atoms with Gasteiger partial charge in [0.2, 0.25) is 0 Å². The number of amides is 1. The van der Waals surface area contributed by atoms with E-state index in [2.05, 4.69) is 5.32 Å². The zero-order valence-corrected chi connectivity index (χ0v) is 11.5. The molecule has 1 amide bonds. The Morgan fingerprint density at radius 2 is 2.21 bits per heavy atom. The van der Waals surface area contributed by atoms with Crippen LogP contribution < -0.4 is 10.1 Å². The predicted molar refractivity (Wildman–Crippen MR) is 74.9 cm³/mol. The standard InChI is InChI=1S/C14H15NO3S/c1-9(13-4-3-7-19-13)15-14(17)11-6-5-10(18-2)8-12(11)16/h3-9,16H,1-2H3,(H,15,17)/t9-/m0/s1. The maximum Gasteiger partial charge on any atom is 0.255 e. The molecule has 2 aromatic rings. The van der Waals surface area contributed by atoms with Gasteiger partial charge in [0.15, 0.2) is 0 Å². The summed E-state index contributed by atoms with van der Waals surface area (Å²) < 4.78 is 4.98. The molecule has 0 radical (unpaired) electrons. The van der Waals surface area contributed by atoms with Crippen LogP contribution in [0, 0.1) is 0 Å². The number of methoxy groups -OCH3 is 1. The number of benzene rings is 1. The minimum Gasteiger partial charge on any atom is -0.507 e. The van der Waals surface area contributed by atoms with Gasteiger partial charge in [0, 0.05) is 10.9 Å². The summed E-state index contributed by atoms with van der Waals surface area (Å²) in [5, 5.41) is 14.6. The molecule has 1 aromatic carbocycles. The van der Waals surface area contributed by atoms with Gasteiger partial charge in [0.25, 0.3) is 5.91 Å². The van der Waals surface area contributed by atoms with Crippen molar-refractivity contribution in [3.63, 3.8) is 0 Å². The molecule has 0 unspecified atom stereocenters. The van der Waals surface area contributed by atoms with E-state index in [4.69, 9.17) is 4.74 Å². The second-order valence-corrected chi connectivity index (χ2v) is 5.07. The maximum atomic E-state index is 12.1. The molecule has 0 aliphatic heterocycles. The van der Waals surface area contributed by atoms with Crippen molar-refractivity contribution in [2.45, 2.75) is 13.0 Å². The lowest BCUT2D eigenvalue weighted by molar-refractivity contribution is 0.0938. The van der Waals surface area contributed by atoms with Crippen LogP contribution in [-0.2, 0) is 0 Å². The number of nitrogens with one attached hydrogen (secondary N) is 1. The monoisotopic (exact) mass is 277 g/mol. The molecule has 1 heterocycles. The maximum absolute atomic E-state index is 12.1. The second-order valence-electron chi connectivity index (χ2n) is 4.09. The number of thiophene rings is 1. The predicted octanol–water partition coefficient (Wildman–Crippen LogP) is 2.95. The second kappa shape index (κ2) is 5.75. The summed E-state index contributed by atoms with van der Waals surface area (Å²) in [5.74, 6) is 0.122. The van der Waals surface area contributed by atoms with Gasteiger partial charge in [-0.05, 0) is 30.5 Å². The Morgan fingerprint density at radius 1 is 1.42 bits per heavy atom. The quantitative estimate of drug-likeness (QED) is 0.903. The number of phenols is 1. The van der Waals surface area contributed by atoms with E-state index in [1.807, 2.05) is 24.4 Å². The van der Waals surface area contributed by atoms with Gasteiger partial charge in [0.05, 0.1) is 18.7 Å². The van der Waals surface area contributed by atoms with E-state index in [1.165, 1.54) is 13.2 Å². The fourth-order valence-electron chi connectivity index (χ4n) is 1.71. The first kappa shape index (κ1) is 13.4. The van der Waals surface area contributed by atoms with Gasteiger partial charge in [0.1, 0.15) is 11.5 Å². The number of aromatic hydroxyl groups is 1. The third-order valence-corrected chi connectivity index (χ3v) is 3.82. The molecule has 0 aliphatic carbocycles. The summed E-state index contributed by atoms with van der Waals surface area (Å²) in [5.41, 5.74) is 0.240. The lowest BCUT2D eigenvalue weighted by Crippen LogP contribution is -2.26. The zero-order valence-electron chi connectivity index (χ0n) is 10.7. The molecule has 1 atom stereocenters. The van der Waals surface area contributed by atoms with Crippen LogP contribution in [0.5, 0.6) is 11.5 Å². The van der Waals surface area contributed by atoms with Crippen LogP contribution >= 0.6 is 11.3 Å². The van der Waals surface area contributed by atoms with Crippen molar-refractivity contribution in [3.05, 3.63) is 46.2 Å². The number of ether oxygens (including phenoxy) is 1. The summed E-state index contributed by atoms with van der Waals surface area (Å²) in [6.07, 6.45) is 0. The molecule has 19 heavy (non-hydrogen) atoms. The third-order valence-electron chi connectivity index (χ3n) is 2.77. The van der Waals surface area contributed by atoms with Gasteiger partial charge in [-0.25, -0.2) is 0 Å². The first-order chi connectivity index (χ1) is 9.11. The van der Waals surface area contributed by atoms with Crippen molar-refractivity contribution < 1.29 is 14.6 Å². The Kier molecular flexibility index (Phi) is 4.06. The van der Waals surface area contributed by atoms with Gasteiger partial charge < -0.3 is 15.2 Å². The number of carbonyl (C=O) groups is 1. The Balaban J connectivity index is 2.12. The van der Waals surface area contributed by atoms with E-state index in [0.29, 0.717) is 5.75 Å². The highest BCUT2D eigenvalue weighted by atomic mass is 32.1. The molecule has 0 fully saturated rings. The largest absolute Gasteiger partial charge is 0.507 e. The highest BCUT2D eigenvalue weighted by Gasteiger charge is 2.15. The molecule has 0 spiro atoms. The minimum absolute atomic E-state index is 0.0878. The molecule has 2 N–H and O–H groups in total. The summed E-state index contributed by atoms with van der Waals surface area (Å²) >= 11 is 1.58. The van der Waals surface area contributed by atoms with E-state index in [0.717, 1.165) is 4.88 Å². The number of phenolic OH excluding ortho intramolecular Hbond substituents is 1. The van der Waals surface area contributed by atoms with Crippen molar-refractivity contribution in [2.24, 2.45) is 0 Å². The first-order valence-electron chi connectivity index (χ1n) is 5.83. The van der Waals surface area contributed by atoms with Gasteiger partial charge in [-0.1, -0.05) is 6.07 Å². The van der Waals surface area contributed by atoms with E-state index in [1.54, 1.807) is 23.5 Å². The van der Waals surface area contributed by atoms with Crippen molar-refractivity contribution >= 4 is 17.2 Å². The number of rotatable bonds is 4. The molecule has 0 bridgehead atoms. The van der Waals surface area contributed by atoms with Crippen molar-refractivity contribution in [1.82, 2.24) is 5.32 Å². The van der Waals surface area contributed by atoms with Crippen molar-refractivity contribution in [3.8, 4) is 11.5 Å². The fourth-order valence-corrected chi connectivity index (χ4v) is 2.45. The van der Waals surface area contributed by atoms with Crippen LogP contribution in [0.2, 0.25) is 0 Å². The van der Waals surface area contributed by atoms with Crippen LogP contribution in [0.3, 0.4) is 0 Å². The van der Waals surface area contributed by atoms with Gasteiger partial charge in [-0.2, -0.15) is 0 Å². The van der Waals surface area contributed by atoms with Gasteiger partial charge >= 0.3 is 0 Å². The molecule has 5 heteroatoms. The molecule has 4 nitrogen and oxygen atoms in total. The number of hydrogen-bond acceptors (Lipinski definition) is 4. The molecule has 2 rings (SSSR count). The molecular formula is C14H15NO3S. The summed E-state index contributed by atoms with van der Waals surface area (Å²) in [4.78, 5) is 13.1. The van der Waals surface area contributed by atoms with Gasteiger partial charge in [-0.15, -0.1) is 11.3 Å². The normalized spacial score (nSPS) is 11.9. The first-order valence-corrected chi connectivity index (χ1v) is 6.71. The number of carbonyl (C=O) groups excluding carboxylic acids is 1. The van der Waals surface area contributed by atoms with Crippen LogP contribution in [0.25, 0.3) is 0 Å². The average Bonchev–Trinajstić information content (AvgIpc) is 2.92. The van der Waals surface area contributed by atoms with Crippen molar-refractivity contribution in [2.75, 3.05) is 7.11 Å². The molecule has 1 aromatic heterocycles. The highest BCUT2D eigenvalue weighted by molar-refractivity contribution is 7.10. The van der Waals surface area contributed by atoms with E-state index in [-0.39, 0.29) is 23.3 Å². The minimum atomic E-state index is -0.305. The van der Waals surface area contributed by atoms with Crippen LogP contribution in [0.15, 0.2) is 35.7 Å². The van der Waals surface area contributed by atoms with Crippen LogP contribution in [0.1, 0.15) is 28.2 Å². The highest BCUT2D eigenvalue weighted by Crippen LogP contribution is 2.24. The SMILES string of the molecule is COc1ccc(C(=O)N[C@@H](C)c2cccs2)c(O)c1. The molecule has 0 saturated carbocycles. The summed E-state index contributed by atoms with van der Waals surface area (Å²) in [6.45, 7) is 1.91. The van der Waals surface area contributed by atoms with Gasteiger partial charge in [-0.3, -0.25) is 4.79 Å². The lowest BCUT2D eigenvalue weighted by atomic mass is 10.1. The molecule has 0 aliphatic rings. The Labute approximate surface area is 115 Å². The fraction of sp³-hybridized carbons (Fsp3) is 0.214. The zero-order chi connectivity index (χ0) is 13.8. The third kappa shape index (κ3) is 3.06. The van der Waals surface area contributed by atoms with Crippen LogP contribution in [-0.4, -0.2) is 18.1 Å². The smallest absolute Gasteiger partial charge is 0.255 e. The summed E-state index contributed by atoms with van der Waals surface area (Å²) in [6, 6.07) is 8.42. The Morgan fingerprint density at radius 3 is 2.79 bits per heavy atom. The molecule has 0 saturated heterocycles. The van der Waals surface area contributed by atoms with E-state index >= 15 is 0 Å². The Hall–Kier alpha value is -2.01. The van der Waals surface area contributed by atoms with E-state index < -0.39 is 0 Å². The van der Waals surface area contributed by atoms with Crippen LogP contribution in [0.4, 0.5) is 0 Å². The van der Waals surface area contributed by atoms with Crippen molar-refractivity contribution in [1.29, 1.82) is 0 Å². The topological polar surface area (TPSA) is 58.6 Å². The lowest BCUT2D eigenvalue weighted by Gasteiger charge is -2.13. The Bertz CT molecular complexity index is 566. The van der Waals surface area contributed by atoms with E-state index in [9.17, 15) is 9.90 Å². The number of hydrogen-bond donors (Lipinski definition) is 2. The molecule has 100 valence electrons. The summed E-state index contributed by atoms with van der Waals surface area (Å²) in [7, 11) is 1.51.